The van der Waals surface area contributed by atoms with E-state index in [4.69, 9.17) is 0 Å². The van der Waals surface area contributed by atoms with E-state index in [1.54, 1.807) is 6.92 Å². The number of hydrogen-bond donors (Lipinski definition) is 1. The van der Waals surface area contributed by atoms with Crippen LogP contribution in [-0.4, -0.2) is 22.6 Å². The summed E-state index contributed by atoms with van der Waals surface area (Å²) in [6, 6.07) is 10.0. The van der Waals surface area contributed by atoms with Gasteiger partial charge in [0, 0.05) is 24.6 Å². The maximum Gasteiger partial charge on any atom is 0.168 e. The molecule has 1 N–H and O–H groups in total. The van der Waals surface area contributed by atoms with Crippen molar-refractivity contribution in [2.24, 2.45) is 4.99 Å². The van der Waals surface area contributed by atoms with Crippen molar-refractivity contribution in [2.75, 3.05) is 0 Å². The van der Waals surface area contributed by atoms with Gasteiger partial charge in [-0.1, -0.05) is 30.3 Å². The van der Waals surface area contributed by atoms with Crippen LogP contribution in [0, 0.1) is 0 Å². The third-order valence-corrected chi connectivity index (χ3v) is 3.52. The van der Waals surface area contributed by atoms with Gasteiger partial charge < -0.3 is 5.11 Å². The van der Waals surface area contributed by atoms with Gasteiger partial charge in [-0.25, -0.2) is 0 Å². The van der Waals surface area contributed by atoms with Crippen LogP contribution in [0.1, 0.15) is 45.1 Å². The molecule has 0 fully saturated rings. The SMILES string of the molecule is CC(=NC(C)C)C1=C(O)CC(c2ccccc2)CC1=O. The molecule has 1 atom stereocenters. The second kappa shape index (κ2) is 6.04. The Hall–Kier alpha value is -1.90. The number of aliphatic hydroxyl groups excluding tert-OH is 1. The quantitative estimate of drug-likeness (QED) is 0.850. The second-order valence-electron chi connectivity index (χ2n) is 5.57. The molecule has 3 heteroatoms. The molecule has 0 heterocycles. The average Bonchev–Trinajstić information content (AvgIpc) is 2.38. The van der Waals surface area contributed by atoms with Crippen LogP contribution in [0.25, 0.3) is 0 Å². The van der Waals surface area contributed by atoms with Gasteiger partial charge in [0.1, 0.15) is 5.76 Å². The molecule has 0 spiro atoms. The summed E-state index contributed by atoms with van der Waals surface area (Å²) in [5.41, 5.74) is 2.17. The second-order valence-corrected chi connectivity index (χ2v) is 5.57. The lowest BCUT2D eigenvalue weighted by atomic mass is 9.81. The van der Waals surface area contributed by atoms with Gasteiger partial charge >= 0.3 is 0 Å². The van der Waals surface area contributed by atoms with Crippen LogP contribution in [0.4, 0.5) is 0 Å². The van der Waals surface area contributed by atoms with E-state index >= 15 is 0 Å². The molecule has 106 valence electrons. The normalized spacial score (nSPS) is 20.7. The Morgan fingerprint density at radius 3 is 2.45 bits per heavy atom. The topological polar surface area (TPSA) is 49.7 Å². The average molecular weight is 271 g/mol. The number of rotatable bonds is 3. The van der Waals surface area contributed by atoms with E-state index in [1.165, 1.54) is 0 Å². The largest absolute Gasteiger partial charge is 0.511 e. The molecule has 0 radical (unpaired) electrons. The Morgan fingerprint density at radius 1 is 1.25 bits per heavy atom. The number of Topliss-reactive ketones (excluding diaryl/α,β-unsaturated/α-hetero) is 1. The monoisotopic (exact) mass is 271 g/mol. The molecule has 20 heavy (non-hydrogen) atoms. The minimum Gasteiger partial charge on any atom is -0.511 e. The highest BCUT2D eigenvalue weighted by atomic mass is 16.3. The summed E-state index contributed by atoms with van der Waals surface area (Å²) < 4.78 is 0. The molecule has 1 aliphatic carbocycles. The lowest BCUT2D eigenvalue weighted by Crippen LogP contribution is -2.23. The molecule has 0 saturated carbocycles. The van der Waals surface area contributed by atoms with Gasteiger partial charge in [-0.2, -0.15) is 0 Å². The fourth-order valence-corrected chi connectivity index (χ4v) is 2.72. The Bertz CT molecular complexity index is 556. The zero-order chi connectivity index (χ0) is 14.7. The van der Waals surface area contributed by atoms with Crippen LogP contribution in [0.15, 0.2) is 46.7 Å². The molecule has 3 nitrogen and oxygen atoms in total. The number of carbonyl (C=O) groups excluding carboxylic acids is 1. The Morgan fingerprint density at radius 2 is 1.90 bits per heavy atom. The first-order valence-corrected chi connectivity index (χ1v) is 7.04. The first-order chi connectivity index (χ1) is 9.49. The molecule has 0 amide bonds. The maximum atomic E-state index is 12.3. The van der Waals surface area contributed by atoms with Gasteiger partial charge in [0.25, 0.3) is 0 Å². The van der Waals surface area contributed by atoms with Gasteiger partial charge in [-0.15, -0.1) is 0 Å². The number of hydrogen-bond acceptors (Lipinski definition) is 3. The first kappa shape index (κ1) is 14.5. The van der Waals surface area contributed by atoms with E-state index in [0.29, 0.717) is 24.1 Å². The number of ketones is 1. The summed E-state index contributed by atoms with van der Waals surface area (Å²) in [5.74, 6) is 0.237. The van der Waals surface area contributed by atoms with Crippen LogP contribution in [-0.2, 0) is 4.79 Å². The molecular weight excluding hydrogens is 250 g/mol. The van der Waals surface area contributed by atoms with E-state index < -0.39 is 0 Å². The molecule has 2 rings (SSSR count). The van der Waals surface area contributed by atoms with Gasteiger partial charge in [-0.3, -0.25) is 9.79 Å². The van der Waals surface area contributed by atoms with Crippen molar-refractivity contribution in [3.05, 3.63) is 47.2 Å². The molecule has 0 aromatic heterocycles. The number of nitrogens with zero attached hydrogens (tertiary/aromatic N) is 1. The highest BCUT2D eigenvalue weighted by Crippen LogP contribution is 2.33. The summed E-state index contributed by atoms with van der Waals surface area (Å²) in [5, 5.41) is 10.2. The molecular formula is C17H21NO2. The van der Waals surface area contributed by atoms with Gasteiger partial charge in [0.05, 0.1) is 5.57 Å². The summed E-state index contributed by atoms with van der Waals surface area (Å²) in [4.78, 5) is 16.7. The van der Waals surface area contributed by atoms with E-state index in [0.717, 1.165) is 5.56 Å². The Balaban J connectivity index is 2.28. The van der Waals surface area contributed by atoms with Gasteiger partial charge in [0.15, 0.2) is 5.78 Å². The van der Waals surface area contributed by atoms with E-state index in [2.05, 4.69) is 4.99 Å². The van der Waals surface area contributed by atoms with Crippen molar-refractivity contribution in [3.63, 3.8) is 0 Å². The van der Waals surface area contributed by atoms with Crippen molar-refractivity contribution in [1.82, 2.24) is 0 Å². The molecule has 1 aromatic rings. The molecule has 0 bridgehead atoms. The highest BCUT2D eigenvalue weighted by Gasteiger charge is 2.29. The van der Waals surface area contributed by atoms with Crippen LogP contribution < -0.4 is 0 Å². The number of allylic oxidation sites excluding steroid dienone is 2. The van der Waals surface area contributed by atoms with Crippen molar-refractivity contribution in [3.8, 4) is 0 Å². The smallest absolute Gasteiger partial charge is 0.168 e. The summed E-state index contributed by atoms with van der Waals surface area (Å²) in [6.45, 7) is 5.72. The van der Waals surface area contributed by atoms with Crippen molar-refractivity contribution < 1.29 is 9.90 Å². The zero-order valence-corrected chi connectivity index (χ0v) is 12.3. The minimum absolute atomic E-state index is 0.00972. The Kier molecular flexibility index (Phi) is 4.38. The van der Waals surface area contributed by atoms with Crippen LogP contribution in [0.3, 0.4) is 0 Å². The standard InChI is InChI=1S/C17H21NO2/c1-11(2)18-12(3)17-15(19)9-14(10-16(17)20)13-7-5-4-6-8-13/h4-8,11,14,19H,9-10H2,1-3H3. The minimum atomic E-state index is -0.00972. The number of aliphatic hydroxyl groups is 1. The van der Waals surface area contributed by atoms with Crippen LogP contribution >= 0.6 is 0 Å². The first-order valence-electron chi connectivity index (χ1n) is 7.04. The van der Waals surface area contributed by atoms with Gasteiger partial charge in [0.2, 0.25) is 0 Å². The number of aliphatic imine (C=N–C) groups is 1. The van der Waals surface area contributed by atoms with E-state index in [9.17, 15) is 9.90 Å². The predicted octanol–water partition coefficient (Wildman–Crippen LogP) is 3.81. The summed E-state index contributed by atoms with van der Waals surface area (Å²) in [6.07, 6.45) is 0.949. The van der Waals surface area contributed by atoms with E-state index in [1.807, 2.05) is 44.2 Å². The lowest BCUT2D eigenvalue weighted by Gasteiger charge is -2.24. The molecule has 1 unspecified atom stereocenters. The van der Waals surface area contributed by atoms with Crippen LogP contribution in [0.2, 0.25) is 0 Å². The van der Waals surface area contributed by atoms with Crippen molar-refractivity contribution in [2.45, 2.75) is 45.6 Å². The lowest BCUT2D eigenvalue weighted by molar-refractivity contribution is -0.116. The van der Waals surface area contributed by atoms with Gasteiger partial charge in [-0.05, 0) is 32.3 Å². The summed E-state index contributed by atoms with van der Waals surface area (Å²) in [7, 11) is 0. The van der Waals surface area contributed by atoms with Crippen LogP contribution in [0.5, 0.6) is 0 Å². The molecule has 1 aromatic carbocycles. The van der Waals surface area contributed by atoms with E-state index in [-0.39, 0.29) is 23.5 Å². The highest BCUT2D eigenvalue weighted by molar-refractivity contribution is 6.22. The molecule has 1 aliphatic rings. The number of carbonyl (C=O) groups is 1. The third-order valence-electron chi connectivity index (χ3n) is 3.52. The Labute approximate surface area is 120 Å². The fourth-order valence-electron chi connectivity index (χ4n) is 2.72. The summed E-state index contributed by atoms with van der Waals surface area (Å²) >= 11 is 0. The predicted molar refractivity (Wildman–Crippen MR) is 81.3 cm³/mol. The molecule has 0 aliphatic heterocycles. The zero-order valence-electron chi connectivity index (χ0n) is 12.3. The fraction of sp³-hybridized carbons (Fsp3) is 0.412. The third kappa shape index (κ3) is 3.16. The molecule has 0 saturated heterocycles. The van der Waals surface area contributed by atoms with Crippen molar-refractivity contribution >= 4 is 11.5 Å². The van der Waals surface area contributed by atoms with Crippen molar-refractivity contribution in [1.29, 1.82) is 0 Å². The number of benzene rings is 1. The maximum absolute atomic E-state index is 12.3.